The second-order valence-corrected chi connectivity index (χ2v) is 9.60. The summed E-state index contributed by atoms with van der Waals surface area (Å²) in [5, 5.41) is 4.30. The Morgan fingerprint density at radius 1 is 1.26 bits per heavy atom. The van der Waals surface area contributed by atoms with Gasteiger partial charge in [-0.3, -0.25) is 4.90 Å². The smallest absolute Gasteiger partial charge is 0.246 e. The van der Waals surface area contributed by atoms with Crippen molar-refractivity contribution in [1.82, 2.24) is 14.4 Å². The van der Waals surface area contributed by atoms with Gasteiger partial charge in [0.05, 0.1) is 17.3 Å². The normalized spacial score (nSPS) is 16.6. The maximum atomic E-state index is 13.1. The lowest BCUT2D eigenvalue weighted by Crippen LogP contribution is -2.48. The van der Waals surface area contributed by atoms with E-state index >= 15 is 0 Å². The Bertz CT molecular complexity index is 920. The van der Waals surface area contributed by atoms with E-state index in [0.29, 0.717) is 42.2 Å². The van der Waals surface area contributed by atoms with E-state index in [1.165, 1.54) is 17.5 Å². The van der Waals surface area contributed by atoms with Crippen molar-refractivity contribution in [3.63, 3.8) is 0 Å². The molecule has 0 aliphatic carbocycles. The van der Waals surface area contributed by atoms with Crippen molar-refractivity contribution in [2.75, 3.05) is 33.3 Å². The van der Waals surface area contributed by atoms with E-state index in [2.05, 4.69) is 26.0 Å². The summed E-state index contributed by atoms with van der Waals surface area (Å²) < 4.78 is 38.7. The summed E-state index contributed by atoms with van der Waals surface area (Å²) >= 11 is 9.38. The number of piperazine rings is 1. The summed E-state index contributed by atoms with van der Waals surface area (Å²) in [5.41, 5.74) is 1.93. The minimum atomic E-state index is -3.72. The van der Waals surface area contributed by atoms with Gasteiger partial charge in [0.15, 0.2) is 5.75 Å². The van der Waals surface area contributed by atoms with Crippen LogP contribution in [0.2, 0.25) is 5.02 Å². The van der Waals surface area contributed by atoms with Gasteiger partial charge in [-0.2, -0.15) is 4.31 Å². The minimum absolute atomic E-state index is 0.0727. The van der Waals surface area contributed by atoms with Crippen molar-refractivity contribution in [2.45, 2.75) is 25.3 Å². The van der Waals surface area contributed by atoms with E-state index in [9.17, 15) is 8.42 Å². The van der Waals surface area contributed by atoms with Crippen molar-refractivity contribution in [1.29, 1.82) is 0 Å². The molecule has 1 aromatic heterocycles. The molecule has 1 aliphatic rings. The second kappa shape index (κ2) is 8.08. The zero-order valence-electron chi connectivity index (χ0n) is 15.3. The van der Waals surface area contributed by atoms with Crippen LogP contribution >= 0.6 is 27.5 Å². The first-order chi connectivity index (χ1) is 12.7. The lowest BCUT2D eigenvalue weighted by atomic mass is 10.2. The molecule has 10 heteroatoms. The van der Waals surface area contributed by atoms with E-state index in [4.69, 9.17) is 20.9 Å². The summed E-state index contributed by atoms with van der Waals surface area (Å²) in [5.74, 6) is 1.06. The van der Waals surface area contributed by atoms with E-state index in [1.807, 2.05) is 13.8 Å². The predicted octanol–water partition coefficient (Wildman–Crippen LogP) is 3.22. The van der Waals surface area contributed by atoms with Crippen molar-refractivity contribution in [3.05, 3.63) is 38.6 Å². The number of rotatable bonds is 5. The van der Waals surface area contributed by atoms with Crippen molar-refractivity contribution >= 4 is 37.6 Å². The molecule has 1 aromatic carbocycles. The van der Waals surface area contributed by atoms with Crippen LogP contribution in [0.5, 0.6) is 5.75 Å². The number of nitrogens with zero attached hydrogens (tertiary/aromatic N) is 3. The van der Waals surface area contributed by atoms with Gasteiger partial charge in [0.2, 0.25) is 10.0 Å². The molecule has 2 heterocycles. The van der Waals surface area contributed by atoms with Crippen LogP contribution in [0.3, 0.4) is 0 Å². The number of aromatic nitrogens is 1. The van der Waals surface area contributed by atoms with Crippen LogP contribution in [-0.4, -0.2) is 56.1 Å². The third kappa shape index (κ3) is 4.17. The molecule has 0 atom stereocenters. The monoisotopic (exact) mass is 477 g/mol. The highest BCUT2D eigenvalue weighted by atomic mass is 79.9. The maximum absolute atomic E-state index is 13.1. The van der Waals surface area contributed by atoms with Crippen molar-refractivity contribution < 1.29 is 17.7 Å². The van der Waals surface area contributed by atoms with Crippen LogP contribution in [0.25, 0.3) is 0 Å². The fourth-order valence-corrected chi connectivity index (χ4v) is 5.94. The van der Waals surface area contributed by atoms with Gasteiger partial charge in [-0.05, 0) is 41.9 Å². The zero-order chi connectivity index (χ0) is 19.8. The Labute approximate surface area is 172 Å². The summed E-state index contributed by atoms with van der Waals surface area (Å²) in [7, 11) is -2.28. The van der Waals surface area contributed by atoms with Gasteiger partial charge in [-0.1, -0.05) is 16.8 Å². The van der Waals surface area contributed by atoms with Crippen LogP contribution in [-0.2, 0) is 16.6 Å². The number of halogens is 2. The number of hydrogen-bond donors (Lipinski definition) is 0. The molecule has 0 amide bonds. The molecule has 0 unspecified atom stereocenters. The molecule has 0 spiro atoms. The highest BCUT2D eigenvalue weighted by Crippen LogP contribution is 2.37. The standard InChI is InChI=1S/C17H21BrClN3O4S/c1-11-14(12(2)26-20-11)10-21-4-6-22(7-5-21)27(23,24)16-9-13(19)8-15(18)17(16)25-3/h8-9H,4-7,10H2,1-3H3. The molecule has 148 valence electrons. The van der Waals surface area contributed by atoms with Crippen molar-refractivity contribution in [2.24, 2.45) is 0 Å². The van der Waals surface area contributed by atoms with E-state index in [1.54, 1.807) is 6.07 Å². The Kier molecular flexibility index (Phi) is 6.17. The van der Waals surface area contributed by atoms with Crippen molar-refractivity contribution in [3.8, 4) is 5.75 Å². The topological polar surface area (TPSA) is 75.9 Å². The SMILES string of the molecule is COc1c(Br)cc(Cl)cc1S(=O)(=O)N1CCN(Cc2c(C)noc2C)CC1. The molecule has 0 N–H and O–H groups in total. The highest BCUT2D eigenvalue weighted by molar-refractivity contribution is 9.10. The average Bonchev–Trinajstić information content (AvgIpc) is 2.93. The van der Waals surface area contributed by atoms with Gasteiger partial charge in [0.25, 0.3) is 0 Å². The largest absolute Gasteiger partial charge is 0.494 e. The molecule has 0 bridgehead atoms. The van der Waals surface area contributed by atoms with Crippen LogP contribution in [0.4, 0.5) is 0 Å². The zero-order valence-corrected chi connectivity index (χ0v) is 18.5. The van der Waals surface area contributed by atoms with Gasteiger partial charge >= 0.3 is 0 Å². The maximum Gasteiger partial charge on any atom is 0.246 e. The van der Waals surface area contributed by atoms with Gasteiger partial charge in [0, 0.05) is 43.3 Å². The molecule has 0 radical (unpaired) electrons. The molecular formula is C17H21BrClN3O4S. The average molecular weight is 479 g/mol. The van der Waals surface area contributed by atoms with E-state index < -0.39 is 10.0 Å². The number of aryl methyl sites for hydroxylation is 2. The van der Waals surface area contributed by atoms with Gasteiger partial charge in [-0.25, -0.2) is 8.42 Å². The van der Waals surface area contributed by atoms with Gasteiger partial charge in [0.1, 0.15) is 10.7 Å². The van der Waals surface area contributed by atoms with Crippen LogP contribution in [0.15, 0.2) is 26.0 Å². The molecule has 3 rings (SSSR count). The third-order valence-corrected chi connectivity index (χ3v) is 7.40. The summed E-state index contributed by atoms with van der Waals surface area (Å²) in [4.78, 5) is 2.27. The summed E-state index contributed by atoms with van der Waals surface area (Å²) in [6.45, 7) is 6.51. The Morgan fingerprint density at radius 2 is 1.93 bits per heavy atom. The fraction of sp³-hybridized carbons (Fsp3) is 0.471. The van der Waals surface area contributed by atoms with Gasteiger partial charge < -0.3 is 9.26 Å². The minimum Gasteiger partial charge on any atom is -0.494 e. The first-order valence-corrected chi connectivity index (χ1v) is 11.0. The summed E-state index contributed by atoms with van der Waals surface area (Å²) in [6.07, 6.45) is 0. The first-order valence-electron chi connectivity index (χ1n) is 8.41. The van der Waals surface area contributed by atoms with E-state index in [0.717, 1.165) is 17.0 Å². The van der Waals surface area contributed by atoms with Crippen LogP contribution < -0.4 is 4.74 Å². The molecule has 27 heavy (non-hydrogen) atoms. The Hall–Kier alpha value is -1.13. The molecular weight excluding hydrogens is 458 g/mol. The number of hydrogen-bond acceptors (Lipinski definition) is 6. The molecule has 1 saturated heterocycles. The fourth-order valence-electron chi connectivity index (χ4n) is 3.14. The third-order valence-electron chi connectivity index (χ3n) is 4.69. The number of methoxy groups -OCH3 is 1. The number of sulfonamides is 1. The summed E-state index contributed by atoms with van der Waals surface area (Å²) in [6, 6.07) is 3.04. The number of ether oxygens (including phenoxy) is 1. The molecule has 0 saturated carbocycles. The molecule has 1 aliphatic heterocycles. The quantitative estimate of drug-likeness (QED) is 0.657. The lowest BCUT2D eigenvalue weighted by Gasteiger charge is -2.34. The first kappa shape index (κ1) is 20.6. The molecule has 1 fully saturated rings. The lowest BCUT2D eigenvalue weighted by molar-refractivity contribution is 0.180. The van der Waals surface area contributed by atoms with Gasteiger partial charge in [-0.15, -0.1) is 0 Å². The Balaban J connectivity index is 1.76. The predicted molar refractivity (Wildman–Crippen MR) is 106 cm³/mol. The molecule has 2 aromatic rings. The van der Waals surface area contributed by atoms with Crippen LogP contribution in [0.1, 0.15) is 17.0 Å². The second-order valence-electron chi connectivity index (χ2n) is 6.40. The highest BCUT2D eigenvalue weighted by Gasteiger charge is 2.32. The van der Waals surface area contributed by atoms with Crippen LogP contribution in [0, 0.1) is 13.8 Å². The number of benzene rings is 1. The Morgan fingerprint density at radius 3 is 2.48 bits per heavy atom. The van der Waals surface area contributed by atoms with E-state index in [-0.39, 0.29) is 10.6 Å². The molecule has 7 nitrogen and oxygen atoms in total.